The molecule has 3 heteroatoms. The van der Waals surface area contributed by atoms with E-state index >= 15 is 0 Å². The molecule has 0 radical (unpaired) electrons. The lowest BCUT2D eigenvalue weighted by Gasteiger charge is -2.20. The van der Waals surface area contributed by atoms with Gasteiger partial charge in [-0.25, -0.2) is 0 Å². The smallest absolute Gasteiger partial charge is 0.221 e. The molecule has 0 aromatic heterocycles. The van der Waals surface area contributed by atoms with Crippen LogP contribution in [-0.4, -0.2) is 11.9 Å². The molecule has 1 aromatic rings. The zero-order valence-electron chi connectivity index (χ0n) is 13.2. The molecule has 0 saturated heterocycles. The van der Waals surface area contributed by atoms with E-state index in [2.05, 4.69) is 43.5 Å². The Labute approximate surface area is 122 Å². The molecule has 0 heterocycles. The van der Waals surface area contributed by atoms with Gasteiger partial charge in [0.1, 0.15) is 0 Å². The van der Waals surface area contributed by atoms with Gasteiger partial charge in [-0.15, -0.1) is 0 Å². The minimum atomic E-state index is -0.0278. The van der Waals surface area contributed by atoms with Crippen LogP contribution >= 0.6 is 0 Å². The highest BCUT2D eigenvalue weighted by Gasteiger charge is 2.36. The van der Waals surface area contributed by atoms with Crippen molar-refractivity contribution >= 4 is 17.3 Å². The number of aryl methyl sites for hydroxylation is 1. The number of hydrogen-bond donors (Lipinski definition) is 2. The van der Waals surface area contributed by atoms with Gasteiger partial charge >= 0.3 is 0 Å². The van der Waals surface area contributed by atoms with Gasteiger partial charge in [0.2, 0.25) is 5.91 Å². The summed E-state index contributed by atoms with van der Waals surface area (Å²) in [4.78, 5) is 11.1. The number of carbonyl (C=O) groups is 1. The average Bonchev–Trinajstić information content (AvgIpc) is 2.55. The van der Waals surface area contributed by atoms with Crippen molar-refractivity contribution in [2.75, 3.05) is 10.6 Å². The number of anilines is 2. The Balaban J connectivity index is 2.07. The SMILES string of the molecule is CC(=O)Nc1ccc(NC2CC(C)(C)CC2C)cc1C. The van der Waals surface area contributed by atoms with Gasteiger partial charge in [-0.1, -0.05) is 20.8 Å². The van der Waals surface area contributed by atoms with Crippen molar-refractivity contribution in [2.45, 2.75) is 53.5 Å². The summed E-state index contributed by atoms with van der Waals surface area (Å²) in [5, 5.41) is 6.50. The second-order valence-electron chi connectivity index (χ2n) is 7.01. The maximum Gasteiger partial charge on any atom is 0.221 e. The molecule has 1 aliphatic rings. The highest BCUT2D eigenvalue weighted by molar-refractivity contribution is 5.89. The predicted molar refractivity (Wildman–Crippen MR) is 85.1 cm³/mol. The molecule has 0 aliphatic heterocycles. The standard InChI is InChI=1S/C17H26N2O/c1-11-8-14(6-7-15(11)18-13(3)20)19-16-10-17(4,5)9-12(16)2/h6-8,12,16,19H,9-10H2,1-5H3,(H,18,20). The number of hydrogen-bond acceptors (Lipinski definition) is 2. The zero-order valence-corrected chi connectivity index (χ0v) is 13.2. The first-order valence-corrected chi connectivity index (χ1v) is 7.42. The highest BCUT2D eigenvalue weighted by Crippen LogP contribution is 2.42. The number of amides is 1. The van der Waals surface area contributed by atoms with E-state index in [0.717, 1.165) is 16.9 Å². The average molecular weight is 274 g/mol. The van der Waals surface area contributed by atoms with Gasteiger partial charge < -0.3 is 10.6 Å². The molecule has 1 fully saturated rings. The van der Waals surface area contributed by atoms with Gasteiger partial charge in [0, 0.05) is 24.3 Å². The molecule has 3 nitrogen and oxygen atoms in total. The van der Waals surface area contributed by atoms with Gasteiger partial charge in [0.15, 0.2) is 0 Å². The Morgan fingerprint density at radius 3 is 2.50 bits per heavy atom. The molecule has 1 saturated carbocycles. The summed E-state index contributed by atoms with van der Waals surface area (Å²) < 4.78 is 0. The van der Waals surface area contributed by atoms with Gasteiger partial charge in [0.25, 0.3) is 0 Å². The second-order valence-corrected chi connectivity index (χ2v) is 7.01. The molecular formula is C17H26N2O. The Hall–Kier alpha value is -1.51. The number of nitrogens with one attached hydrogen (secondary N) is 2. The van der Waals surface area contributed by atoms with Crippen molar-refractivity contribution < 1.29 is 4.79 Å². The number of rotatable bonds is 3. The fourth-order valence-corrected chi connectivity index (χ4v) is 3.38. The largest absolute Gasteiger partial charge is 0.382 e. The summed E-state index contributed by atoms with van der Waals surface area (Å²) in [7, 11) is 0. The van der Waals surface area contributed by atoms with Gasteiger partial charge in [-0.3, -0.25) is 4.79 Å². The highest BCUT2D eigenvalue weighted by atomic mass is 16.1. The van der Waals surface area contributed by atoms with Crippen molar-refractivity contribution in [3.63, 3.8) is 0 Å². The van der Waals surface area contributed by atoms with Crippen molar-refractivity contribution in [1.82, 2.24) is 0 Å². The van der Waals surface area contributed by atoms with Crippen LogP contribution in [0.3, 0.4) is 0 Å². The fraction of sp³-hybridized carbons (Fsp3) is 0.588. The molecule has 1 amide bonds. The molecule has 2 unspecified atom stereocenters. The van der Waals surface area contributed by atoms with E-state index in [1.54, 1.807) is 0 Å². The third-order valence-corrected chi connectivity index (χ3v) is 4.22. The first kappa shape index (κ1) is 14.9. The summed E-state index contributed by atoms with van der Waals surface area (Å²) in [6, 6.07) is 6.68. The van der Waals surface area contributed by atoms with Crippen molar-refractivity contribution in [3.05, 3.63) is 23.8 Å². The monoisotopic (exact) mass is 274 g/mol. The molecule has 110 valence electrons. The summed E-state index contributed by atoms with van der Waals surface area (Å²) in [6.45, 7) is 10.6. The molecule has 0 bridgehead atoms. The minimum Gasteiger partial charge on any atom is -0.382 e. The van der Waals surface area contributed by atoms with Crippen LogP contribution in [-0.2, 0) is 4.79 Å². The van der Waals surface area contributed by atoms with Crippen LogP contribution in [0.25, 0.3) is 0 Å². The van der Waals surface area contributed by atoms with E-state index in [4.69, 9.17) is 0 Å². The summed E-state index contributed by atoms with van der Waals surface area (Å²) in [5.74, 6) is 0.667. The topological polar surface area (TPSA) is 41.1 Å². The molecule has 2 rings (SSSR count). The fourth-order valence-electron chi connectivity index (χ4n) is 3.38. The summed E-state index contributed by atoms with van der Waals surface area (Å²) >= 11 is 0. The van der Waals surface area contributed by atoms with E-state index in [1.807, 2.05) is 13.0 Å². The maximum atomic E-state index is 11.1. The van der Waals surface area contributed by atoms with Crippen LogP contribution < -0.4 is 10.6 Å². The first-order chi connectivity index (χ1) is 9.27. The van der Waals surface area contributed by atoms with Gasteiger partial charge in [0.05, 0.1) is 0 Å². The van der Waals surface area contributed by atoms with Crippen molar-refractivity contribution in [3.8, 4) is 0 Å². The molecule has 2 N–H and O–H groups in total. The zero-order chi connectivity index (χ0) is 14.9. The normalized spacial score (nSPS) is 24.4. The third-order valence-electron chi connectivity index (χ3n) is 4.22. The van der Waals surface area contributed by atoms with Crippen LogP contribution in [0.2, 0.25) is 0 Å². The third kappa shape index (κ3) is 3.53. The molecular weight excluding hydrogens is 248 g/mol. The lowest BCUT2D eigenvalue weighted by atomic mass is 9.91. The van der Waals surface area contributed by atoms with E-state index < -0.39 is 0 Å². The van der Waals surface area contributed by atoms with Crippen LogP contribution in [0, 0.1) is 18.3 Å². The Kier molecular flexibility index (Phi) is 4.07. The van der Waals surface area contributed by atoms with Gasteiger partial charge in [-0.05, 0) is 54.9 Å². The second kappa shape index (κ2) is 5.47. The lowest BCUT2D eigenvalue weighted by molar-refractivity contribution is -0.114. The quantitative estimate of drug-likeness (QED) is 0.867. The first-order valence-electron chi connectivity index (χ1n) is 7.42. The van der Waals surface area contributed by atoms with E-state index in [-0.39, 0.29) is 5.91 Å². The molecule has 1 aromatic carbocycles. The molecule has 20 heavy (non-hydrogen) atoms. The Morgan fingerprint density at radius 2 is 2.00 bits per heavy atom. The van der Waals surface area contributed by atoms with Crippen LogP contribution in [0.15, 0.2) is 18.2 Å². The number of benzene rings is 1. The van der Waals surface area contributed by atoms with Crippen LogP contribution in [0.1, 0.15) is 46.1 Å². The summed E-state index contributed by atoms with van der Waals surface area (Å²) in [6.07, 6.45) is 2.48. The predicted octanol–water partition coefficient (Wildman–Crippen LogP) is 4.19. The van der Waals surface area contributed by atoms with Crippen LogP contribution in [0.4, 0.5) is 11.4 Å². The minimum absolute atomic E-state index is 0.0278. The van der Waals surface area contributed by atoms with E-state index in [0.29, 0.717) is 17.4 Å². The maximum absolute atomic E-state index is 11.1. The van der Waals surface area contributed by atoms with E-state index in [1.165, 1.54) is 19.8 Å². The molecule has 0 spiro atoms. The Bertz CT molecular complexity index is 508. The van der Waals surface area contributed by atoms with Crippen molar-refractivity contribution in [1.29, 1.82) is 0 Å². The molecule has 2 atom stereocenters. The Morgan fingerprint density at radius 1 is 1.30 bits per heavy atom. The van der Waals surface area contributed by atoms with Gasteiger partial charge in [-0.2, -0.15) is 0 Å². The number of carbonyl (C=O) groups excluding carboxylic acids is 1. The van der Waals surface area contributed by atoms with Crippen LogP contribution in [0.5, 0.6) is 0 Å². The molecule has 1 aliphatic carbocycles. The lowest BCUT2D eigenvalue weighted by Crippen LogP contribution is -2.22. The summed E-state index contributed by atoms with van der Waals surface area (Å²) in [5.41, 5.74) is 3.56. The van der Waals surface area contributed by atoms with Crippen molar-refractivity contribution in [2.24, 2.45) is 11.3 Å². The van der Waals surface area contributed by atoms with E-state index in [9.17, 15) is 4.79 Å².